The molecular formula is C13H12FN5. The zero-order chi connectivity index (χ0) is 13.2. The van der Waals surface area contributed by atoms with Crippen molar-refractivity contribution in [2.75, 3.05) is 5.32 Å². The second kappa shape index (κ2) is 4.64. The molecule has 1 aromatic carbocycles. The molecule has 0 aliphatic rings. The number of aromatic nitrogens is 4. The van der Waals surface area contributed by atoms with Crippen molar-refractivity contribution < 1.29 is 4.39 Å². The third kappa shape index (κ3) is 2.24. The number of rotatable bonds is 3. The zero-order valence-electron chi connectivity index (χ0n) is 10.3. The minimum atomic E-state index is -0.248. The molecule has 0 amide bonds. The highest BCUT2D eigenvalue weighted by atomic mass is 19.1. The van der Waals surface area contributed by atoms with Gasteiger partial charge in [0.25, 0.3) is 0 Å². The standard InChI is InChI=1S/C13H12FN5/c1-8(9-3-2-4-10(14)5-9)18-12-11-6-17-19-13(11)16-7-15-12/h2-8H,1H3,(H2,15,16,17,18,19). The third-order valence-corrected chi connectivity index (χ3v) is 2.95. The second-order valence-corrected chi connectivity index (χ2v) is 4.28. The van der Waals surface area contributed by atoms with Gasteiger partial charge in [-0.3, -0.25) is 5.10 Å². The summed E-state index contributed by atoms with van der Waals surface area (Å²) in [6.07, 6.45) is 3.12. The van der Waals surface area contributed by atoms with Gasteiger partial charge in [-0.15, -0.1) is 0 Å². The van der Waals surface area contributed by atoms with Crippen LogP contribution in [-0.4, -0.2) is 20.2 Å². The van der Waals surface area contributed by atoms with Crippen molar-refractivity contribution in [3.63, 3.8) is 0 Å². The molecule has 0 fully saturated rings. The average molecular weight is 257 g/mol. The molecule has 0 saturated heterocycles. The molecule has 2 N–H and O–H groups in total. The monoisotopic (exact) mass is 257 g/mol. The van der Waals surface area contributed by atoms with Crippen LogP contribution in [0.2, 0.25) is 0 Å². The smallest absolute Gasteiger partial charge is 0.160 e. The number of hydrogen-bond donors (Lipinski definition) is 2. The van der Waals surface area contributed by atoms with Crippen LogP contribution in [-0.2, 0) is 0 Å². The fraction of sp³-hybridized carbons (Fsp3) is 0.154. The Balaban J connectivity index is 1.90. The van der Waals surface area contributed by atoms with E-state index in [-0.39, 0.29) is 11.9 Å². The first-order valence-corrected chi connectivity index (χ1v) is 5.90. The first-order valence-electron chi connectivity index (χ1n) is 5.90. The Labute approximate surface area is 108 Å². The average Bonchev–Trinajstić information content (AvgIpc) is 2.88. The number of aromatic amines is 1. The van der Waals surface area contributed by atoms with E-state index < -0.39 is 0 Å². The number of hydrogen-bond acceptors (Lipinski definition) is 4. The molecular weight excluding hydrogens is 245 g/mol. The van der Waals surface area contributed by atoms with Gasteiger partial charge in [0.2, 0.25) is 0 Å². The summed E-state index contributed by atoms with van der Waals surface area (Å²) >= 11 is 0. The van der Waals surface area contributed by atoms with Crippen molar-refractivity contribution in [1.82, 2.24) is 20.2 Å². The van der Waals surface area contributed by atoms with Crippen LogP contribution in [0.25, 0.3) is 11.0 Å². The maximum absolute atomic E-state index is 13.2. The SMILES string of the molecule is CC(Nc1ncnc2[nH]ncc12)c1cccc(F)c1. The van der Waals surface area contributed by atoms with Gasteiger partial charge in [0.1, 0.15) is 18.0 Å². The molecule has 0 bridgehead atoms. The predicted octanol–water partition coefficient (Wildman–Crippen LogP) is 2.67. The minimum Gasteiger partial charge on any atom is -0.363 e. The van der Waals surface area contributed by atoms with Crippen molar-refractivity contribution in [2.45, 2.75) is 13.0 Å². The van der Waals surface area contributed by atoms with Crippen molar-refractivity contribution in [3.8, 4) is 0 Å². The molecule has 0 spiro atoms. The summed E-state index contributed by atoms with van der Waals surface area (Å²) in [4.78, 5) is 8.26. The summed E-state index contributed by atoms with van der Waals surface area (Å²) in [6.45, 7) is 1.95. The molecule has 3 rings (SSSR count). The van der Waals surface area contributed by atoms with Crippen LogP contribution in [0.1, 0.15) is 18.5 Å². The second-order valence-electron chi connectivity index (χ2n) is 4.28. The molecule has 19 heavy (non-hydrogen) atoms. The molecule has 0 radical (unpaired) electrons. The molecule has 0 aliphatic carbocycles. The van der Waals surface area contributed by atoms with Gasteiger partial charge >= 0.3 is 0 Å². The fourth-order valence-electron chi connectivity index (χ4n) is 1.94. The van der Waals surface area contributed by atoms with Crippen molar-refractivity contribution in [3.05, 3.63) is 48.2 Å². The van der Waals surface area contributed by atoms with Gasteiger partial charge in [0.05, 0.1) is 17.6 Å². The van der Waals surface area contributed by atoms with Gasteiger partial charge in [-0.1, -0.05) is 12.1 Å². The molecule has 96 valence electrons. The van der Waals surface area contributed by atoms with E-state index in [1.54, 1.807) is 12.3 Å². The highest BCUT2D eigenvalue weighted by molar-refractivity contribution is 5.85. The Morgan fingerprint density at radius 2 is 2.21 bits per heavy atom. The highest BCUT2D eigenvalue weighted by Gasteiger charge is 2.10. The van der Waals surface area contributed by atoms with E-state index in [9.17, 15) is 4.39 Å². The van der Waals surface area contributed by atoms with Crippen molar-refractivity contribution >= 4 is 16.9 Å². The summed E-state index contributed by atoms with van der Waals surface area (Å²) in [7, 11) is 0. The molecule has 3 aromatic rings. The molecule has 1 atom stereocenters. The van der Waals surface area contributed by atoms with E-state index in [1.807, 2.05) is 13.0 Å². The number of fused-ring (bicyclic) bond motifs is 1. The van der Waals surface area contributed by atoms with Crippen LogP contribution < -0.4 is 5.32 Å². The highest BCUT2D eigenvalue weighted by Crippen LogP contribution is 2.22. The Kier molecular flexibility index (Phi) is 2.83. The third-order valence-electron chi connectivity index (χ3n) is 2.95. The quantitative estimate of drug-likeness (QED) is 0.757. The minimum absolute atomic E-state index is 0.0660. The Morgan fingerprint density at radius 1 is 1.32 bits per heavy atom. The summed E-state index contributed by atoms with van der Waals surface area (Å²) in [5.74, 6) is 0.429. The lowest BCUT2D eigenvalue weighted by molar-refractivity contribution is 0.623. The number of nitrogens with one attached hydrogen (secondary N) is 2. The molecule has 2 aromatic heterocycles. The molecule has 1 unspecified atom stereocenters. The van der Waals surface area contributed by atoms with E-state index in [0.717, 1.165) is 10.9 Å². The normalized spacial score (nSPS) is 12.5. The Bertz CT molecular complexity index is 709. The first-order chi connectivity index (χ1) is 9.24. The van der Waals surface area contributed by atoms with Gasteiger partial charge in [0.15, 0.2) is 5.65 Å². The van der Waals surface area contributed by atoms with Gasteiger partial charge in [-0.2, -0.15) is 5.10 Å². The van der Waals surface area contributed by atoms with E-state index in [1.165, 1.54) is 18.5 Å². The van der Waals surface area contributed by atoms with Crippen molar-refractivity contribution in [2.24, 2.45) is 0 Å². The first kappa shape index (κ1) is 11.6. The van der Waals surface area contributed by atoms with Gasteiger partial charge in [-0.05, 0) is 24.6 Å². The van der Waals surface area contributed by atoms with Crippen LogP contribution in [0.3, 0.4) is 0 Å². The van der Waals surface area contributed by atoms with Crippen LogP contribution in [0.4, 0.5) is 10.2 Å². The van der Waals surface area contributed by atoms with E-state index in [0.29, 0.717) is 11.5 Å². The molecule has 0 saturated carbocycles. The van der Waals surface area contributed by atoms with Crippen LogP contribution >= 0.6 is 0 Å². The fourth-order valence-corrected chi connectivity index (χ4v) is 1.94. The largest absolute Gasteiger partial charge is 0.363 e. The maximum atomic E-state index is 13.2. The lowest BCUT2D eigenvalue weighted by Crippen LogP contribution is -2.08. The van der Waals surface area contributed by atoms with Crippen LogP contribution in [0.15, 0.2) is 36.8 Å². The molecule has 5 nitrogen and oxygen atoms in total. The van der Waals surface area contributed by atoms with Crippen molar-refractivity contribution in [1.29, 1.82) is 0 Å². The Hall–Kier alpha value is -2.50. The maximum Gasteiger partial charge on any atom is 0.160 e. The molecule has 0 aliphatic heterocycles. The number of nitrogens with zero attached hydrogens (tertiary/aromatic N) is 3. The van der Waals surface area contributed by atoms with E-state index >= 15 is 0 Å². The lowest BCUT2D eigenvalue weighted by atomic mass is 10.1. The molecule has 2 heterocycles. The van der Waals surface area contributed by atoms with Crippen LogP contribution in [0.5, 0.6) is 0 Å². The van der Waals surface area contributed by atoms with Gasteiger partial charge in [0, 0.05) is 0 Å². The predicted molar refractivity (Wildman–Crippen MR) is 70.1 cm³/mol. The summed E-state index contributed by atoms with van der Waals surface area (Å²) in [6, 6.07) is 6.43. The van der Waals surface area contributed by atoms with Crippen LogP contribution in [0, 0.1) is 5.82 Å². The van der Waals surface area contributed by atoms with E-state index in [2.05, 4.69) is 25.5 Å². The lowest BCUT2D eigenvalue weighted by Gasteiger charge is -2.15. The number of H-pyrrole nitrogens is 1. The summed E-state index contributed by atoms with van der Waals surface area (Å²) < 4.78 is 13.2. The molecule has 6 heteroatoms. The summed E-state index contributed by atoms with van der Waals surface area (Å²) in [5, 5.41) is 10.8. The topological polar surface area (TPSA) is 66.5 Å². The number of halogens is 1. The van der Waals surface area contributed by atoms with E-state index in [4.69, 9.17) is 0 Å². The summed E-state index contributed by atoms with van der Waals surface area (Å²) in [5.41, 5.74) is 1.53. The zero-order valence-corrected chi connectivity index (χ0v) is 10.3. The Morgan fingerprint density at radius 3 is 3.05 bits per heavy atom. The number of anilines is 1. The number of benzene rings is 1. The van der Waals surface area contributed by atoms with Gasteiger partial charge < -0.3 is 5.32 Å². The van der Waals surface area contributed by atoms with Gasteiger partial charge in [-0.25, -0.2) is 14.4 Å².